The van der Waals surface area contributed by atoms with Crippen molar-refractivity contribution in [1.29, 1.82) is 0 Å². The number of H-pyrrole nitrogens is 2. The fourth-order valence-corrected chi connectivity index (χ4v) is 8.55. The molecule has 5 heterocycles. The molecule has 3 saturated heterocycles. The molecule has 0 aliphatic carbocycles. The standard InChI is InChI=1S/C46H59F2N9O7/c1-27(51-43(60)63-45(2,3)4)41(58)56-17-11-14-35(56)39-49-24-33(52-39)28-15-18-55(19-16-28)38-31(47)22-30(23-32(38)48)34-25-50-40(53-34)36-26-62-21-20-57(36)42(59)37(29-12-9-8-10-13-29)54-44(61)64-46(5,6)7/h8-10,12-13,22-25,27-28,35-37H,11,14-21,26H2,1-7H3,(H,49,52)(H,50,53)(H,51,60)(H,54,61)/t27-,35+,36+,37-/m1/s1. The first-order valence-electron chi connectivity index (χ1n) is 21.9. The molecule has 7 rings (SSSR count). The van der Waals surface area contributed by atoms with Gasteiger partial charge in [-0.3, -0.25) is 9.59 Å². The van der Waals surface area contributed by atoms with Crippen LogP contribution >= 0.6 is 0 Å². The van der Waals surface area contributed by atoms with Crippen molar-refractivity contribution >= 4 is 29.7 Å². The number of aromatic amines is 2. The summed E-state index contributed by atoms with van der Waals surface area (Å²) in [5.74, 6) is -0.950. The van der Waals surface area contributed by atoms with Gasteiger partial charge in [0.15, 0.2) is 0 Å². The highest BCUT2D eigenvalue weighted by Gasteiger charge is 2.38. The number of ether oxygens (including phenoxy) is 3. The Morgan fingerprint density at radius 1 is 0.781 bits per heavy atom. The summed E-state index contributed by atoms with van der Waals surface area (Å²) in [7, 11) is 0. The van der Waals surface area contributed by atoms with E-state index in [2.05, 4.69) is 30.6 Å². The van der Waals surface area contributed by atoms with Crippen LogP contribution in [0.2, 0.25) is 0 Å². The molecule has 0 radical (unpaired) electrons. The molecule has 0 spiro atoms. The van der Waals surface area contributed by atoms with E-state index in [0.29, 0.717) is 55.4 Å². The summed E-state index contributed by atoms with van der Waals surface area (Å²) in [5, 5.41) is 5.37. The van der Waals surface area contributed by atoms with Crippen molar-refractivity contribution in [3.8, 4) is 11.3 Å². The van der Waals surface area contributed by atoms with E-state index in [0.717, 1.165) is 18.5 Å². The molecule has 4 aromatic rings. The largest absolute Gasteiger partial charge is 0.444 e. The van der Waals surface area contributed by atoms with Crippen molar-refractivity contribution in [2.24, 2.45) is 0 Å². The minimum atomic E-state index is -1.06. The van der Waals surface area contributed by atoms with E-state index in [-0.39, 0.29) is 48.9 Å². The van der Waals surface area contributed by atoms with E-state index < -0.39 is 59.1 Å². The zero-order valence-electron chi connectivity index (χ0n) is 37.5. The number of hydrogen-bond acceptors (Lipinski definition) is 10. The van der Waals surface area contributed by atoms with Gasteiger partial charge in [-0.2, -0.15) is 0 Å². The normalized spacial score (nSPS) is 19.5. The molecule has 18 heteroatoms. The third-order valence-corrected chi connectivity index (χ3v) is 11.5. The van der Waals surface area contributed by atoms with Gasteiger partial charge in [-0.1, -0.05) is 30.3 Å². The highest BCUT2D eigenvalue weighted by Crippen LogP contribution is 2.37. The number of morpholine rings is 1. The molecule has 0 bridgehead atoms. The first kappa shape index (κ1) is 46.0. The van der Waals surface area contributed by atoms with Crippen LogP contribution in [-0.2, 0) is 23.8 Å². The van der Waals surface area contributed by atoms with Crippen molar-refractivity contribution in [3.05, 3.63) is 89.4 Å². The fourth-order valence-electron chi connectivity index (χ4n) is 8.55. The van der Waals surface area contributed by atoms with Crippen molar-refractivity contribution < 1.29 is 42.2 Å². The molecule has 16 nitrogen and oxygen atoms in total. The smallest absolute Gasteiger partial charge is 0.408 e. The highest BCUT2D eigenvalue weighted by atomic mass is 19.1. The number of hydrogen-bond donors (Lipinski definition) is 4. The van der Waals surface area contributed by atoms with Crippen LogP contribution < -0.4 is 15.5 Å². The van der Waals surface area contributed by atoms with Crippen LogP contribution in [-0.4, -0.2) is 110 Å². The van der Waals surface area contributed by atoms with E-state index in [1.54, 1.807) is 93.6 Å². The number of piperidine rings is 1. The number of carbonyl (C=O) groups excluding carboxylic acids is 4. The third kappa shape index (κ3) is 10.8. The third-order valence-electron chi connectivity index (χ3n) is 11.5. The number of benzene rings is 2. The van der Waals surface area contributed by atoms with Crippen molar-refractivity contribution in [2.45, 2.75) is 115 Å². The summed E-state index contributed by atoms with van der Waals surface area (Å²) in [4.78, 5) is 73.7. The van der Waals surface area contributed by atoms with Crippen LogP contribution in [0.15, 0.2) is 54.9 Å². The first-order valence-corrected chi connectivity index (χ1v) is 21.9. The molecule has 3 aliphatic heterocycles. The number of imidazole rings is 2. The molecule has 64 heavy (non-hydrogen) atoms. The Morgan fingerprint density at radius 2 is 1.39 bits per heavy atom. The highest BCUT2D eigenvalue weighted by molar-refractivity contribution is 5.87. The van der Waals surface area contributed by atoms with Gasteiger partial charge in [-0.25, -0.2) is 28.3 Å². The molecule has 4 atom stereocenters. The Morgan fingerprint density at radius 3 is 2.05 bits per heavy atom. The molecule has 3 fully saturated rings. The Balaban J connectivity index is 0.989. The van der Waals surface area contributed by atoms with E-state index >= 15 is 8.78 Å². The number of halogens is 2. The summed E-state index contributed by atoms with van der Waals surface area (Å²) >= 11 is 0. The van der Waals surface area contributed by atoms with E-state index in [1.165, 1.54) is 18.3 Å². The first-order chi connectivity index (χ1) is 30.3. The topological polar surface area (TPSA) is 187 Å². The van der Waals surface area contributed by atoms with Crippen LogP contribution in [0.1, 0.15) is 121 Å². The van der Waals surface area contributed by atoms with Gasteiger partial charge in [-0.05, 0) is 91.8 Å². The number of carbonyl (C=O) groups is 4. The molecule has 3 aliphatic rings. The zero-order chi connectivity index (χ0) is 45.9. The zero-order valence-corrected chi connectivity index (χ0v) is 37.5. The number of nitrogens with zero attached hydrogens (tertiary/aromatic N) is 5. The summed E-state index contributed by atoms with van der Waals surface area (Å²) in [6, 6.07) is 8.63. The van der Waals surface area contributed by atoms with Crippen LogP contribution in [0.5, 0.6) is 0 Å². The summed E-state index contributed by atoms with van der Waals surface area (Å²) in [6.07, 6.45) is 4.61. The Labute approximate surface area is 371 Å². The van der Waals surface area contributed by atoms with Crippen molar-refractivity contribution in [3.63, 3.8) is 0 Å². The number of rotatable bonds is 10. The van der Waals surface area contributed by atoms with Gasteiger partial charge in [0.05, 0.1) is 31.1 Å². The van der Waals surface area contributed by atoms with Gasteiger partial charge >= 0.3 is 12.2 Å². The average molecular weight is 888 g/mol. The number of nitrogens with one attached hydrogen (secondary N) is 4. The lowest BCUT2D eigenvalue weighted by Gasteiger charge is -2.37. The van der Waals surface area contributed by atoms with Crippen molar-refractivity contribution in [1.82, 2.24) is 40.4 Å². The minimum Gasteiger partial charge on any atom is -0.444 e. The molecule has 4 amide bonds. The predicted octanol–water partition coefficient (Wildman–Crippen LogP) is 7.20. The molecule has 344 valence electrons. The SMILES string of the molecule is C[C@@H](NC(=O)OC(C)(C)C)C(=O)N1CCC[C@H]1c1ncc(C2CCN(c3c(F)cc(-c4cnc([C@@H]5COCCN5C(=O)[C@H](NC(=O)OC(C)(C)C)c5ccccc5)[nH]4)cc3F)CC2)[nH]1. The molecular formula is C46H59F2N9O7. The average Bonchev–Trinajstić information content (AvgIpc) is 4.03. The van der Waals surface area contributed by atoms with E-state index in [9.17, 15) is 19.2 Å². The van der Waals surface area contributed by atoms with Crippen LogP contribution in [0.25, 0.3) is 11.3 Å². The lowest BCUT2D eigenvalue weighted by atomic mass is 9.93. The number of likely N-dealkylation sites (tertiary alicyclic amines) is 1. The van der Waals surface area contributed by atoms with Crippen LogP contribution in [0.3, 0.4) is 0 Å². The second-order valence-electron chi connectivity index (χ2n) is 18.6. The van der Waals surface area contributed by atoms with E-state index in [1.807, 2.05) is 6.07 Å². The van der Waals surface area contributed by atoms with Gasteiger partial charge in [0.1, 0.15) is 58.3 Å². The predicted molar refractivity (Wildman–Crippen MR) is 233 cm³/mol. The Kier molecular flexibility index (Phi) is 13.6. The van der Waals surface area contributed by atoms with Crippen molar-refractivity contribution in [2.75, 3.05) is 44.3 Å². The van der Waals surface area contributed by atoms with Gasteiger partial charge in [0.25, 0.3) is 5.91 Å². The second-order valence-corrected chi connectivity index (χ2v) is 18.6. The molecule has 2 aromatic carbocycles. The fraction of sp³-hybridized carbons (Fsp3) is 0.522. The number of anilines is 1. The summed E-state index contributed by atoms with van der Waals surface area (Å²) in [6.45, 7) is 14.1. The van der Waals surface area contributed by atoms with Gasteiger partial charge in [0, 0.05) is 49.6 Å². The Bertz CT molecular complexity index is 2280. The van der Waals surface area contributed by atoms with Gasteiger partial charge in [0.2, 0.25) is 5.91 Å². The van der Waals surface area contributed by atoms with Crippen LogP contribution in [0.4, 0.5) is 24.1 Å². The lowest BCUT2D eigenvalue weighted by Crippen LogP contribution is -2.49. The maximum absolute atomic E-state index is 16.0. The molecule has 0 unspecified atom stereocenters. The maximum Gasteiger partial charge on any atom is 0.408 e. The molecule has 2 aromatic heterocycles. The summed E-state index contributed by atoms with van der Waals surface area (Å²) in [5.41, 5.74) is 0.491. The maximum atomic E-state index is 16.0. The van der Waals surface area contributed by atoms with E-state index in [4.69, 9.17) is 14.2 Å². The quantitative estimate of drug-likeness (QED) is 0.127. The monoisotopic (exact) mass is 887 g/mol. The van der Waals surface area contributed by atoms with Crippen LogP contribution in [0, 0.1) is 11.6 Å². The number of alkyl carbamates (subject to hydrolysis) is 2. The Hall–Kier alpha value is -6.04. The second kappa shape index (κ2) is 19.0. The molecule has 4 N–H and O–H groups in total. The number of amides is 4. The van der Waals surface area contributed by atoms with Gasteiger partial charge in [-0.15, -0.1) is 0 Å². The molecular weight excluding hydrogens is 829 g/mol. The van der Waals surface area contributed by atoms with Gasteiger partial charge < -0.3 is 49.5 Å². The lowest BCUT2D eigenvalue weighted by molar-refractivity contribution is -0.143. The minimum absolute atomic E-state index is 0.0656. The molecule has 0 saturated carbocycles. The summed E-state index contributed by atoms with van der Waals surface area (Å²) < 4.78 is 48.5. The number of aromatic nitrogens is 4.